The second-order valence-electron chi connectivity index (χ2n) is 6.52. The number of aliphatic hydroxyl groups excluding tert-OH is 1. The van der Waals surface area contributed by atoms with Crippen molar-refractivity contribution in [2.24, 2.45) is 17.8 Å². The van der Waals surface area contributed by atoms with Gasteiger partial charge in [-0.05, 0) is 50.9 Å². The zero-order chi connectivity index (χ0) is 15.5. The number of hydrogen-bond acceptors (Lipinski definition) is 1. The Balaban J connectivity index is 4.07. The van der Waals surface area contributed by atoms with E-state index in [9.17, 15) is 0 Å². The van der Waals surface area contributed by atoms with Gasteiger partial charge in [0, 0.05) is 0 Å². The smallest absolute Gasteiger partial charge is 0.0615 e. The van der Waals surface area contributed by atoms with Gasteiger partial charge < -0.3 is 5.11 Å². The molecule has 0 aliphatic heterocycles. The summed E-state index contributed by atoms with van der Waals surface area (Å²) in [5.41, 5.74) is 2.74. The largest absolute Gasteiger partial charge is 0.392 e. The summed E-state index contributed by atoms with van der Waals surface area (Å²) in [4.78, 5) is 0. The van der Waals surface area contributed by atoms with Crippen LogP contribution >= 0.6 is 0 Å². The summed E-state index contributed by atoms with van der Waals surface area (Å²) in [6, 6.07) is 0. The number of hydrogen-bond donors (Lipinski definition) is 1. The molecule has 0 rings (SSSR count). The van der Waals surface area contributed by atoms with E-state index in [-0.39, 0.29) is 6.61 Å². The van der Waals surface area contributed by atoms with Gasteiger partial charge in [0.1, 0.15) is 0 Å². The zero-order valence-corrected chi connectivity index (χ0v) is 14.3. The van der Waals surface area contributed by atoms with Crippen LogP contribution in [0.1, 0.15) is 60.8 Å². The van der Waals surface area contributed by atoms with E-state index in [2.05, 4.69) is 59.8 Å². The predicted molar refractivity (Wildman–Crippen MR) is 90.8 cm³/mol. The van der Waals surface area contributed by atoms with Gasteiger partial charge in [-0.3, -0.25) is 0 Å². The van der Waals surface area contributed by atoms with E-state index in [0.29, 0.717) is 11.8 Å². The highest BCUT2D eigenvalue weighted by molar-refractivity contribution is 5.05. The minimum Gasteiger partial charge on any atom is -0.392 e. The maximum Gasteiger partial charge on any atom is 0.0615 e. The van der Waals surface area contributed by atoms with Crippen molar-refractivity contribution in [1.29, 1.82) is 0 Å². The van der Waals surface area contributed by atoms with Crippen LogP contribution in [-0.4, -0.2) is 11.7 Å². The highest BCUT2D eigenvalue weighted by Gasteiger charge is 2.06. The standard InChI is InChI=1S/C19H34O/c1-15(2)19(6)11-10-18(5)14-17(4)9-7-8-16(3)12-13-20/h7,9,11-12,15,17-18,20H,8,10,13-14H2,1-6H3/b9-7+,16-12+,19-11+. The van der Waals surface area contributed by atoms with Gasteiger partial charge in [-0.25, -0.2) is 0 Å². The van der Waals surface area contributed by atoms with E-state index < -0.39 is 0 Å². The molecule has 1 N–H and O–H groups in total. The van der Waals surface area contributed by atoms with Gasteiger partial charge in [-0.1, -0.05) is 63.1 Å². The Bertz CT molecular complexity index is 334. The molecule has 0 radical (unpaired) electrons. The maximum absolute atomic E-state index is 8.80. The lowest BCUT2D eigenvalue weighted by atomic mass is 9.92. The van der Waals surface area contributed by atoms with Crippen LogP contribution in [0.15, 0.2) is 35.5 Å². The summed E-state index contributed by atoms with van der Waals surface area (Å²) in [7, 11) is 0. The number of allylic oxidation sites excluding steroid dienone is 5. The molecule has 0 amide bonds. The Labute approximate surface area is 126 Å². The molecule has 0 aliphatic carbocycles. The first-order valence-electron chi connectivity index (χ1n) is 7.96. The molecule has 0 heterocycles. The summed E-state index contributed by atoms with van der Waals surface area (Å²) in [5, 5.41) is 8.80. The van der Waals surface area contributed by atoms with Crippen molar-refractivity contribution in [3.05, 3.63) is 35.5 Å². The van der Waals surface area contributed by atoms with Crippen molar-refractivity contribution in [2.45, 2.75) is 60.8 Å². The van der Waals surface area contributed by atoms with Crippen molar-refractivity contribution >= 4 is 0 Å². The van der Waals surface area contributed by atoms with Crippen molar-refractivity contribution in [3.8, 4) is 0 Å². The van der Waals surface area contributed by atoms with Gasteiger partial charge in [0.2, 0.25) is 0 Å². The van der Waals surface area contributed by atoms with E-state index in [1.807, 2.05) is 6.08 Å². The van der Waals surface area contributed by atoms with Gasteiger partial charge in [-0.2, -0.15) is 0 Å². The van der Waals surface area contributed by atoms with Crippen LogP contribution in [0, 0.1) is 17.8 Å². The molecule has 116 valence electrons. The summed E-state index contributed by atoms with van der Waals surface area (Å²) < 4.78 is 0. The summed E-state index contributed by atoms with van der Waals surface area (Å²) in [6.45, 7) is 13.6. The molecule has 0 saturated carbocycles. The number of aliphatic hydroxyl groups is 1. The van der Waals surface area contributed by atoms with Gasteiger partial charge in [-0.15, -0.1) is 0 Å². The van der Waals surface area contributed by atoms with Gasteiger partial charge in [0.05, 0.1) is 6.61 Å². The van der Waals surface area contributed by atoms with Crippen LogP contribution in [0.4, 0.5) is 0 Å². The van der Waals surface area contributed by atoms with Crippen LogP contribution in [0.5, 0.6) is 0 Å². The first-order chi connectivity index (χ1) is 9.36. The Kier molecular flexibility index (Phi) is 10.5. The topological polar surface area (TPSA) is 20.2 Å². The van der Waals surface area contributed by atoms with Crippen LogP contribution in [0.25, 0.3) is 0 Å². The Morgan fingerprint density at radius 3 is 2.25 bits per heavy atom. The van der Waals surface area contributed by atoms with Crippen molar-refractivity contribution in [1.82, 2.24) is 0 Å². The van der Waals surface area contributed by atoms with E-state index in [1.54, 1.807) is 0 Å². The van der Waals surface area contributed by atoms with Crippen LogP contribution in [0.3, 0.4) is 0 Å². The van der Waals surface area contributed by atoms with E-state index in [1.165, 1.54) is 24.0 Å². The molecule has 20 heavy (non-hydrogen) atoms. The molecule has 0 aromatic carbocycles. The van der Waals surface area contributed by atoms with Crippen molar-refractivity contribution < 1.29 is 5.11 Å². The number of rotatable bonds is 9. The fraction of sp³-hybridized carbons (Fsp3) is 0.684. The first kappa shape index (κ1) is 19.2. The molecular weight excluding hydrogens is 244 g/mol. The molecule has 0 fully saturated rings. The van der Waals surface area contributed by atoms with Gasteiger partial charge in [0.15, 0.2) is 0 Å². The predicted octanol–water partition coefficient (Wildman–Crippen LogP) is 5.53. The monoisotopic (exact) mass is 278 g/mol. The van der Waals surface area contributed by atoms with E-state index in [0.717, 1.165) is 12.3 Å². The van der Waals surface area contributed by atoms with Crippen LogP contribution < -0.4 is 0 Å². The van der Waals surface area contributed by atoms with Gasteiger partial charge >= 0.3 is 0 Å². The molecule has 1 heteroatoms. The van der Waals surface area contributed by atoms with Crippen molar-refractivity contribution in [2.75, 3.05) is 6.61 Å². The lowest BCUT2D eigenvalue weighted by Crippen LogP contribution is -2.01. The molecule has 0 saturated heterocycles. The van der Waals surface area contributed by atoms with E-state index in [4.69, 9.17) is 5.11 Å². The minimum atomic E-state index is 0.147. The first-order valence-corrected chi connectivity index (χ1v) is 7.96. The third kappa shape index (κ3) is 10.0. The second-order valence-corrected chi connectivity index (χ2v) is 6.52. The quantitative estimate of drug-likeness (QED) is 0.550. The van der Waals surface area contributed by atoms with Crippen molar-refractivity contribution in [3.63, 3.8) is 0 Å². The fourth-order valence-corrected chi connectivity index (χ4v) is 2.16. The Hall–Kier alpha value is -0.820. The summed E-state index contributed by atoms with van der Waals surface area (Å²) in [5.74, 6) is 2.03. The Morgan fingerprint density at radius 1 is 1.05 bits per heavy atom. The summed E-state index contributed by atoms with van der Waals surface area (Å²) in [6.07, 6.45) is 12.2. The second kappa shape index (κ2) is 10.9. The molecule has 0 aromatic heterocycles. The molecule has 0 aliphatic rings. The third-order valence-corrected chi connectivity index (χ3v) is 3.87. The van der Waals surface area contributed by atoms with Crippen LogP contribution in [-0.2, 0) is 0 Å². The lowest BCUT2D eigenvalue weighted by Gasteiger charge is -2.14. The molecule has 0 bridgehead atoms. The zero-order valence-electron chi connectivity index (χ0n) is 14.3. The molecule has 0 spiro atoms. The molecular formula is C19H34O. The molecule has 0 aromatic rings. The SMILES string of the molecule is C/C(=C\CO)C/C=C/C(C)CC(C)C/C=C(\C)C(C)C. The molecule has 1 nitrogen and oxygen atoms in total. The van der Waals surface area contributed by atoms with Gasteiger partial charge in [0.25, 0.3) is 0 Å². The van der Waals surface area contributed by atoms with E-state index >= 15 is 0 Å². The Morgan fingerprint density at radius 2 is 1.70 bits per heavy atom. The van der Waals surface area contributed by atoms with Crippen LogP contribution in [0.2, 0.25) is 0 Å². The molecule has 2 atom stereocenters. The normalized spacial score (nSPS) is 17.0. The fourth-order valence-electron chi connectivity index (χ4n) is 2.16. The average Bonchev–Trinajstić information content (AvgIpc) is 2.35. The maximum atomic E-state index is 8.80. The average molecular weight is 278 g/mol. The molecule has 2 unspecified atom stereocenters. The minimum absolute atomic E-state index is 0.147. The third-order valence-electron chi connectivity index (χ3n) is 3.87. The highest BCUT2D eigenvalue weighted by atomic mass is 16.2. The lowest BCUT2D eigenvalue weighted by molar-refractivity contribution is 0.341. The summed E-state index contributed by atoms with van der Waals surface area (Å²) >= 11 is 0. The highest BCUT2D eigenvalue weighted by Crippen LogP contribution is 2.19.